The largest absolute Gasteiger partial charge is 0.497 e. The first-order valence-corrected chi connectivity index (χ1v) is 7.54. The van der Waals surface area contributed by atoms with E-state index in [1.54, 1.807) is 32.4 Å². The van der Waals surface area contributed by atoms with Gasteiger partial charge in [-0.1, -0.05) is 30.3 Å². The van der Waals surface area contributed by atoms with Crippen molar-refractivity contribution in [2.24, 2.45) is 0 Å². The number of nitrogens with one attached hydrogen (secondary N) is 1. The summed E-state index contributed by atoms with van der Waals surface area (Å²) in [5.41, 5.74) is 1.61. The molecular formula is C19H21NO4. The predicted molar refractivity (Wildman–Crippen MR) is 93.0 cm³/mol. The Balaban J connectivity index is 2.07. The molecule has 5 nitrogen and oxygen atoms in total. The van der Waals surface area contributed by atoms with Gasteiger partial charge in [-0.15, -0.1) is 0 Å². The molecule has 2 aromatic rings. The lowest BCUT2D eigenvalue weighted by molar-refractivity contribution is -0.117. The number of aliphatic hydroxyl groups excluding tert-OH is 1. The molecular weight excluding hydrogens is 306 g/mol. The quantitative estimate of drug-likeness (QED) is 0.767. The number of ether oxygens (including phenoxy) is 2. The van der Waals surface area contributed by atoms with Crippen LogP contribution in [0, 0.1) is 0 Å². The number of methoxy groups -OCH3 is 2. The summed E-state index contributed by atoms with van der Waals surface area (Å²) in [6, 6.07) is 14.2. The van der Waals surface area contributed by atoms with Gasteiger partial charge < -0.3 is 19.9 Å². The van der Waals surface area contributed by atoms with Crippen LogP contribution in [-0.2, 0) is 4.79 Å². The van der Waals surface area contributed by atoms with Crippen LogP contribution in [0.4, 0.5) is 0 Å². The van der Waals surface area contributed by atoms with Crippen molar-refractivity contribution >= 4 is 12.0 Å². The Morgan fingerprint density at radius 3 is 2.54 bits per heavy atom. The van der Waals surface area contributed by atoms with Gasteiger partial charge >= 0.3 is 0 Å². The summed E-state index contributed by atoms with van der Waals surface area (Å²) in [5.74, 6) is 0.994. The van der Waals surface area contributed by atoms with Gasteiger partial charge in [0.25, 0.3) is 0 Å². The predicted octanol–water partition coefficient (Wildman–Crippen LogP) is 2.57. The van der Waals surface area contributed by atoms with E-state index < -0.39 is 6.04 Å². The third kappa shape index (κ3) is 4.60. The number of carbonyl (C=O) groups is 1. The van der Waals surface area contributed by atoms with Crippen molar-refractivity contribution in [3.8, 4) is 11.5 Å². The summed E-state index contributed by atoms with van der Waals surface area (Å²) in [6.07, 6.45) is 3.07. The van der Waals surface area contributed by atoms with Gasteiger partial charge in [-0.2, -0.15) is 0 Å². The van der Waals surface area contributed by atoms with Crippen molar-refractivity contribution < 1.29 is 19.4 Å². The van der Waals surface area contributed by atoms with Crippen molar-refractivity contribution in [3.63, 3.8) is 0 Å². The average Bonchev–Trinajstić information content (AvgIpc) is 2.64. The molecule has 24 heavy (non-hydrogen) atoms. The molecule has 0 radical (unpaired) electrons. The fourth-order valence-electron chi connectivity index (χ4n) is 2.26. The van der Waals surface area contributed by atoms with Crippen molar-refractivity contribution in [1.29, 1.82) is 0 Å². The molecule has 0 heterocycles. The molecule has 0 bridgehead atoms. The maximum Gasteiger partial charge on any atom is 0.244 e. The number of hydrogen-bond acceptors (Lipinski definition) is 4. The molecule has 0 aliphatic rings. The Bertz CT molecular complexity index is 698. The van der Waals surface area contributed by atoms with Crippen LogP contribution in [0.25, 0.3) is 6.08 Å². The normalized spacial score (nSPS) is 12.0. The van der Waals surface area contributed by atoms with E-state index in [4.69, 9.17) is 9.47 Å². The van der Waals surface area contributed by atoms with Gasteiger partial charge in [0, 0.05) is 17.7 Å². The van der Waals surface area contributed by atoms with Crippen LogP contribution >= 0.6 is 0 Å². The SMILES string of the molecule is COc1ccc(/C=C/C(=O)N[C@H](CO)c2ccccc2)c(OC)c1. The summed E-state index contributed by atoms with van der Waals surface area (Å²) < 4.78 is 10.4. The second-order valence-corrected chi connectivity index (χ2v) is 5.10. The van der Waals surface area contributed by atoms with Crippen LogP contribution < -0.4 is 14.8 Å². The van der Waals surface area contributed by atoms with Crippen LogP contribution in [0.2, 0.25) is 0 Å². The minimum absolute atomic E-state index is 0.171. The number of hydrogen-bond donors (Lipinski definition) is 2. The molecule has 1 amide bonds. The first-order valence-electron chi connectivity index (χ1n) is 7.54. The van der Waals surface area contributed by atoms with Gasteiger partial charge in [-0.25, -0.2) is 0 Å². The highest BCUT2D eigenvalue weighted by Gasteiger charge is 2.11. The highest BCUT2D eigenvalue weighted by Crippen LogP contribution is 2.25. The van der Waals surface area contributed by atoms with Crippen LogP contribution in [0.1, 0.15) is 17.2 Å². The van der Waals surface area contributed by atoms with Crippen molar-refractivity contribution in [3.05, 3.63) is 65.7 Å². The monoisotopic (exact) mass is 327 g/mol. The molecule has 0 aliphatic heterocycles. The zero-order valence-electron chi connectivity index (χ0n) is 13.7. The molecule has 0 saturated carbocycles. The fourth-order valence-corrected chi connectivity index (χ4v) is 2.26. The number of benzene rings is 2. The van der Waals surface area contributed by atoms with Crippen molar-refractivity contribution in [1.82, 2.24) is 5.32 Å². The summed E-state index contributed by atoms with van der Waals surface area (Å²) in [6.45, 7) is -0.171. The van der Waals surface area contributed by atoms with E-state index in [9.17, 15) is 9.90 Å². The second kappa shape index (κ2) is 8.74. The van der Waals surface area contributed by atoms with Gasteiger partial charge in [0.05, 0.1) is 26.9 Å². The zero-order valence-corrected chi connectivity index (χ0v) is 13.7. The molecule has 0 unspecified atom stereocenters. The lowest BCUT2D eigenvalue weighted by Gasteiger charge is -2.15. The smallest absolute Gasteiger partial charge is 0.244 e. The molecule has 0 fully saturated rings. The molecule has 2 aromatic carbocycles. The van der Waals surface area contributed by atoms with E-state index in [-0.39, 0.29) is 12.5 Å². The van der Waals surface area contributed by atoms with Gasteiger partial charge in [-0.05, 0) is 23.8 Å². The maximum absolute atomic E-state index is 12.1. The van der Waals surface area contributed by atoms with Crippen LogP contribution in [-0.4, -0.2) is 31.8 Å². The number of rotatable bonds is 7. The number of aliphatic hydroxyl groups is 1. The molecule has 0 saturated heterocycles. The Hall–Kier alpha value is -2.79. The first kappa shape index (κ1) is 17.6. The van der Waals surface area contributed by atoms with Crippen molar-refractivity contribution in [2.45, 2.75) is 6.04 Å². The molecule has 2 N–H and O–H groups in total. The van der Waals surface area contributed by atoms with E-state index in [1.807, 2.05) is 36.4 Å². The van der Waals surface area contributed by atoms with Gasteiger partial charge in [0.1, 0.15) is 11.5 Å². The van der Waals surface area contributed by atoms with Crippen LogP contribution in [0.3, 0.4) is 0 Å². The Morgan fingerprint density at radius 1 is 1.17 bits per heavy atom. The Labute approximate surface area is 141 Å². The molecule has 126 valence electrons. The van der Waals surface area contributed by atoms with E-state index in [2.05, 4.69) is 5.32 Å². The van der Waals surface area contributed by atoms with Gasteiger partial charge in [-0.3, -0.25) is 4.79 Å². The van der Waals surface area contributed by atoms with Gasteiger partial charge in [0.2, 0.25) is 5.91 Å². The van der Waals surface area contributed by atoms with E-state index in [1.165, 1.54) is 6.08 Å². The highest BCUT2D eigenvalue weighted by atomic mass is 16.5. The molecule has 0 aliphatic carbocycles. The Kier molecular flexibility index (Phi) is 6.40. The standard InChI is InChI=1S/C19H21NO4/c1-23-16-10-8-15(18(12-16)24-2)9-11-19(22)20-17(13-21)14-6-4-3-5-7-14/h3-12,17,21H,13H2,1-2H3,(H,20,22)/b11-9+/t17-/m1/s1. The van der Waals surface area contributed by atoms with Gasteiger partial charge in [0.15, 0.2) is 0 Å². The Morgan fingerprint density at radius 2 is 1.92 bits per heavy atom. The third-order valence-corrected chi connectivity index (χ3v) is 3.56. The summed E-state index contributed by atoms with van der Waals surface area (Å²) in [5, 5.41) is 12.3. The maximum atomic E-state index is 12.1. The van der Waals surface area contributed by atoms with Crippen LogP contribution in [0.5, 0.6) is 11.5 Å². The fraction of sp³-hybridized carbons (Fsp3) is 0.211. The summed E-state index contributed by atoms with van der Waals surface area (Å²) >= 11 is 0. The summed E-state index contributed by atoms with van der Waals surface area (Å²) in [4.78, 5) is 12.1. The lowest BCUT2D eigenvalue weighted by Crippen LogP contribution is -2.29. The minimum atomic E-state index is -0.443. The van der Waals surface area contributed by atoms with Crippen LogP contribution in [0.15, 0.2) is 54.6 Å². The average molecular weight is 327 g/mol. The molecule has 5 heteroatoms. The molecule has 1 atom stereocenters. The first-order chi connectivity index (χ1) is 11.7. The molecule has 2 rings (SSSR count). The minimum Gasteiger partial charge on any atom is -0.497 e. The van der Waals surface area contributed by atoms with E-state index in [0.717, 1.165) is 11.1 Å². The third-order valence-electron chi connectivity index (χ3n) is 3.56. The second-order valence-electron chi connectivity index (χ2n) is 5.10. The highest BCUT2D eigenvalue weighted by molar-refractivity contribution is 5.92. The van der Waals surface area contributed by atoms with Crippen molar-refractivity contribution in [2.75, 3.05) is 20.8 Å². The lowest BCUT2D eigenvalue weighted by atomic mass is 10.1. The topological polar surface area (TPSA) is 67.8 Å². The number of amides is 1. The zero-order chi connectivity index (χ0) is 17.4. The van der Waals surface area contributed by atoms with E-state index >= 15 is 0 Å². The van der Waals surface area contributed by atoms with E-state index in [0.29, 0.717) is 11.5 Å². The molecule has 0 spiro atoms. The molecule has 0 aromatic heterocycles. The number of carbonyl (C=O) groups excluding carboxylic acids is 1. The summed E-state index contributed by atoms with van der Waals surface area (Å²) in [7, 11) is 3.14.